The number of aromatic nitrogens is 2. The molecular weight excluding hydrogens is 406 g/mol. The first-order valence-electron chi connectivity index (χ1n) is 10.5. The Hall–Kier alpha value is -3.19. The van der Waals surface area contributed by atoms with Crippen molar-refractivity contribution in [1.29, 1.82) is 0 Å². The summed E-state index contributed by atoms with van der Waals surface area (Å²) in [5, 5.41) is 6.09. The maximum atomic E-state index is 12.8. The second-order valence-electron chi connectivity index (χ2n) is 7.71. The number of fused-ring (bicyclic) bond motifs is 1. The van der Waals surface area contributed by atoms with Crippen LogP contribution >= 0.6 is 11.8 Å². The Balaban J connectivity index is 1.37. The lowest BCUT2D eigenvalue weighted by Gasteiger charge is -2.16. The summed E-state index contributed by atoms with van der Waals surface area (Å²) in [6, 6.07) is 11.8. The Morgan fingerprint density at radius 2 is 1.94 bits per heavy atom. The van der Waals surface area contributed by atoms with Gasteiger partial charge in [0, 0.05) is 41.3 Å². The van der Waals surface area contributed by atoms with Gasteiger partial charge in [-0.1, -0.05) is 23.9 Å². The third kappa shape index (κ3) is 4.32. The van der Waals surface area contributed by atoms with Crippen molar-refractivity contribution in [2.45, 2.75) is 19.8 Å². The third-order valence-corrected chi connectivity index (χ3v) is 6.58. The fourth-order valence-corrected chi connectivity index (χ4v) is 4.76. The van der Waals surface area contributed by atoms with Gasteiger partial charge in [-0.25, -0.2) is 9.97 Å². The van der Waals surface area contributed by atoms with E-state index < -0.39 is 0 Å². The average molecular weight is 430 g/mol. The topological polar surface area (TPSA) is 70.5 Å². The zero-order valence-electron chi connectivity index (χ0n) is 17.3. The van der Waals surface area contributed by atoms with Crippen LogP contribution in [0, 0.1) is 0 Å². The molecule has 31 heavy (non-hydrogen) atoms. The molecule has 1 saturated heterocycles. The molecule has 7 heteroatoms. The lowest BCUT2D eigenvalue weighted by atomic mass is 10.1. The number of amides is 1. The first-order chi connectivity index (χ1) is 15.2. The number of benzene rings is 1. The molecule has 0 bridgehead atoms. The van der Waals surface area contributed by atoms with Gasteiger partial charge in [0.05, 0.1) is 11.6 Å². The van der Waals surface area contributed by atoms with Gasteiger partial charge in [0.25, 0.3) is 5.91 Å². The number of nitrogens with zero attached hydrogens (tertiary/aromatic N) is 4. The Bertz CT molecular complexity index is 1210. The largest absolute Gasteiger partial charge is 0.357 e. The standard InChI is InChI=1S/C24H23N5OS/c1-16-25-9-7-21(31-16)17-4-5-19-15-27-22(13-20(19)12-17)28-24(30)18-6-8-26-23(14-18)29-10-2-3-11-29/h4-8,12-15H,2-3,9-11H2,1H3,(H,27,28,30). The summed E-state index contributed by atoms with van der Waals surface area (Å²) in [6.45, 7) is 4.74. The lowest BCUT2D eigenvalue weighted by molar-refractivity contribution is 0.102. The van der Waals surface area contributed by atoms with Crippen molar-refractivity contribution in [2.24, 2.45) is 4.99 Å². The van der Waals surface area contributed by atoms with Crippen molar-refractivity contribution in [2.75, 3.05) is 29.9 Å². The number of pyridine rings is 2. The molecule has 0 spiro atoms. The molecule has 5 rings (SSSR count). The maximum absolute atomic E-state index is 12.8. The molecule has 0 atom stereocenters. The first kappa shape index (κ1) is 19.8. The van der Waals surface area contributed by atoms with E-state index in [1.165, 1.54) is 17.7 Å². The number of hydrogen-bond acceptors (Lipinski definition) is 6. The molecule has 1 aromatic carbocycles. The summed E-state index contributed by atoms with van der Waals surface area (Å²) in [5.74, 6) is 1.22. The average Bonchev–Trinajstić information content (AvgIpc) is 3.34. The van der Waals surface area contributed by atoms with E-state index in [1.54, 1.807) is 30.2 Å². The highest BCUT2D eigenvalue weighted by molar-refractivity contribution is 8.21. The van der Waals surface area contributed by atoms with Crippen LogP contribution in [0.2, 0.25) is 0 Å². The van der Waals surface area contributed by atoms with Gasteiger partial charge in [-0.3, -0.25) is 9.79 Å². The molecule has 6 nitrogen and oxygen atoms in total. The Morgan fingerprint density at radius 1 is 1.06 bits per heavy atom. The van der Waals surface area contributed by atoms with Gasteiger partial charge in [-0.2, -0.15) is 0 Å². The van der Waals surface area contributed by atoms with Gasteiger partial charge >= 0.3 is 0 Å². The number of carbonyl (C=O) groups excluding carboxylic acids is 1. The molecule has 0 radical (unpaired) electrons. The lowest BCUT2D eigenvalue weighted by Crippen LogP contribution is -2.20. The zero-order valence-corrected chi connectivity index (χ0v) is 18.2. The van der Waals surface area contributed by atoms with Crippen LogP contribution in [0.15, 0.2) is 59.9 Å². The fourth-order valence-electron chi connectivity index (χ4n) is 3.90. The summed E-state index contributed by atoms with van der Waals surface area (Å²) in [7, 11) is 0. The van der Waals surface area contributed by atoms with E-state index in [9.17, 15) is 4.79 Å². The molecular formula is C24H23N5OS. The minimum absolute atomic E-state index is 0.178. The van der Waals surface area contributed by atoms with E-state index in [2.05, 4.69) is 49.5 Å². The minimum Gasteiger partial charge on any atom is -0.357 e. The smallest absolute Gasteiger partial charge is 0.257 e. The fraction of sp³-hybridized carbons (Fsp3) is 0.250. The number of thioether (sulfide) groups is 1. The van der Waals surface area contributed by atoms with Crippen molar-refractivity contribution in [3.05, 3.63) is 66.0 Å². The number of anilines is 2. The summed E-state index contributed by atoms with van der Waals surface area (Å²) >= 11 is 1.69. The molecule has 2 aliphatic rings. The summed E-state index contributed by atoms with van der Waals surface area (Å²) in [5.41, 5.74) is 1.74. The predicted molar refractivity (Wildman–Crippen MR) is 129 cm³/mol. The minimum atomic E-state index is -0.178. The number of aliphatic imine (C=N–C) groups is 1. The van der Waals surface area contributed by atoms with Gasteiger partial charge < -0.3 is 10.2 Å². The van der Waals surface area contributed by atoms with E-state index in [0.717, 1.165) is 46.8 Å². The molecule has 2 aliphatic heterocycles. The number of nitrogens with one attached hydrogen (secondary N) is 1. The van der Waals surface area contributed by atoms with Crippen molar-refractivity contribution >= 4 is 50.0 Å². The Kier molecular flexibility index (Phi) is 5.42. The molecule has 1 fully saturated rings. The van der Waals surface area contributed by atoms with Crippen molar-refractivity contribution < 1.29 is 4.79 Å². The second-order valence-corrected chi connectivity index (χ2v) is 8.95. The van der Waals surface area contributed by atoms with Crippen LogP contribution in [0.3, 0.4) is 0 Å². The van der Waals surface area contributed by atoms with Gasteiger partial charge in [-0.15, -0.1) is 0 Å². The molecule has 3 aromatic rings. The van der Waals surface area contributed by atoms with E-state index in [-0.39, 0.29) is 5.91 Å². The molecule has 1 amide bonds. The maximum Gasteiger partial charge on any atom is 0.257 e. The first-order valence-corrected chi connectivity index (χ1v) is 11.3. The zero-order chi connectivity index (χ0) is 21.2. The third-order valence-electron chi connectivity index (χ3n) is 5.53. The SMILES string of the molecule is CC1=NCC=C(c2ccc3cnc(NC(=O)c4ccnc(N5CCCC5)c4)cc3c2)S1. The predicted octanol–water partition coefficient (Wildman–Crippen LogP) is 4.99. The van der Waals surface area contributed by atoms with Crippen LogP contribution in [0.25, 0.3) is 15.7 Å². The number of carbonyl (C=O) groups is 1. The molecule has 0 saturated carbocycles. The second kappa shape index (κ2) is 8.51. The molecule has 4 heterocycles. The summed E-state index contributed by atoms with van der Waals surface area (Å²) in [4.78, 5) is 29.5. The van der Waals surface area contributed by atoms with Crippen LogP contribution < -0.4 is 10.2 Å². The highest BCUT2D eigenvalue weighted by Gasteiger charge is 2.16. The van der Waals surface area contributed by atoms with Crippen LogP contribution in [0.4, 0.5) is 11.6 Å². The quantitative estimate of drug-likeness (QED) is 0.633. The van der Waals surface area contributed by atoms with E-state index >= 15 is 0 Å². The van der Waals surface area contributed by atoms with Gasteiger partial charge in [-0.05, 0) is 61.1 Å². The molecule has 2 aromatic heterocycles. The van der Waals surface area contributed by atoms with Crippen LogP contribution in [0.5, 0.6) is 0 Å². The van der Waals surface area contributed by atoms with Crippen molar-refractivity contribution in [1.82, 2.24) is 9.97 Å². The molecule has 0 unspecified atom stereocenters. The number of rotatable bonds is 4. The highest BCUT2D eigenvalue weighted by Crippen LogP contribution is 2.33. The van der Waals surface area contributed by atoms with Gasteiger partial charge in [0.2, 0.25) is 0 Å². The summed E-state index contributed by atoms with van der Waals surface area (Å²) < 4.78 is 0. The van der Waals surface area contributed by atoms with Gasteiger partial charge in [0.1, 0.15) is 11.6 Å². The molecule has 1 N–H and O–H groups in total. The Labute approximate surface area is 185 Å². The van der Waals surface area contributed by atoms with E-state index in [4.69, 9.17) is 0 Å². The van der Waals surface area contributed by atoms with E-state index in [0.29, 0.717) is 11.4 Å². The molecule has 0 aliphatic carbocycles. The van der Waals surface area contributed by atoms with Crippen LogP contribution in [-0.2, 0) is 0 Å². The molecule has 156 valence electrons. The summed E-state index contributed by atoms with van der Waals surface area (Å²) in [6.07, 6.45) is 7.98. The normalized spacial score (nSPS) is 16.2. The van der Waals surface area contributed by atoms with E-state index in [1.807, 2.05) is 19.1 Å². The van der Waals surface area contributed by atoms with Crippen molar-refractivity contribution in [3.63, 3.8) is 0 Å². The van der Waals surface area contributed by atoms with Gasteiger partial charge in [0.15, 0.2) is 0 Å². The van der Waals surface area contributed by atoms with Crippen molar-refractivity contribution in [3.8, 4) is 0 Å². The highest BCUT2D eigenvalue weighted by atomic mass is 32.2. The van der Waals surface area contributed by atoms with Crippen LogP contribution in [0.1, 0.15) is 35.7 Å². The van der Waals surface area contributed by atoms with Crippen LogP contribution in [-0.4, -0.2) is 40.6 Å². The monoisotopic (exact) mass is 429 g/mol. The Morgan fingerprint density at radius 3 is 2.77 bits per heavy atom. The number of hydrogen-bond donors (Lipinski definition) is 1.